The number of halogens is 1. The fourth-order valence-electron chi connectivity index (χ4n) is 4.48. The highest BCUT2D eigenvalue weighted by atomic mass is 32.2. The molecule has 0 bridgehead atoms. The van der Waals surface area contributed by atoms with Crippen molar-refractivity contribution < 1.29 is 14.0 Å². The summed E-state index contributed by atoms with van der Waals surface area (Å²) >= 11 is 3.39. The first-order chi connectivity index (χ1) is 15.0. The Bertz CT molecular complexity index is 837. The molecule has 4 nitrogen and oxygen atoms in total. The summed E-state index contributed by atoms with van der Waals surface area (Å²) in [4.78, 5) is 29.7. The second-order valence-corrected chi connectivity index (χ2v) is 11.3. The van der Waals surface area contributed by atoms with Crippen LogP contribution in [-0.2, 0) is 9.59 Å². The van der Waals surface area contributed by atoms with E-state index in [1.807, 2.05) is 17.8 Å². The predicted octanol–water partition coefficient (Wildman–Crippen LogP) is 4.18. The molecule has 7 heteroatoms. The van der Waals surface area contributed by atoms with Gasteiger partial charge >= 0.3 is 0 Å². The Hall–Kier alpha value is -1.15. The van der Waals surface area contributed by atoms with E-state index in [0.29, 0.717) is 18.7 Å². The fourth-order valence-corrected chi connectivity index (χ4v) is 6.41. The third-order valence-electron chi connectivity index (χ3n) is 6.32. The predicted molar refractivity (Wildman–Crippen MR) is 127 cm³/mol. The highest BCUT2D eigenvalue weighted by Crippen LogP contribution is 2.40. The molecule has 2 unspecified atom stereocenters. The molecule has 2 atom stereocenters. The number of hydrogen-bond donors (Lipinski definition) is 0. The third-order valence-corrected chi connectivity index (χ3v) is 8.41. The van der Waals surface area contributed by atoms with Gasteiger partial charge in [-0.15, -0.1) is 0 Å². The van der Waals surface area contributed by atoms with Gasteiger partial charge in [0.05, 0.1) is 6.04 Å². The second-order valence-electron chi connectivity index (χ2n) is 8.65. The maximum atomic E-state index is 14.7. The molecule has 168 valence electrons. The van der Waals surface area contributed by atoms with Crippen LogP contribution >= 0.6 is 23.5 Å². The Morgan fingerprint density at radius 2 is 1.94 bits per heavy atom. The summed E-state index contributed by atoms with van der Waals surface area (Å²) in [6, 6.07) is 6.16. The van der Waals surface area contributed by atoms with Crippen molar-refractivity contribution in [2.75, 3.05) is 44.2 Å². The number of piperidine rings is 1. The van der Waals surface area contributed by atoms with Crippen molar-refractivity contribution in [3.63, 3.8) is 0 Å². The van der Waals surface area contributed by atoms with Crippen molar-refractivity contribution in [1.82, 2.24) is 9.80 Å². The summed E-state index contributed by atoms with van der Waals surface area (Å²) < 4.78 is 14.7. The van der Waals surface area contributed by atoms with Crippen molar-refractivity contribution in [3.05, 3.63) is 47.3 Å². The molecule has 0 amide bonds. The maximum Gasteiger partial charge on any atom is 0.186 e. The van der Waals surface area contributed by atoms with Crippen LogP contribution in [0.4, 0.5) is 4.39 Å². The monoisotopic (exact) mass is 462 g/mol. The molecule has 2 aliphatic heterocycles. The smallest absolute Gasteiger partial charge is 0.186 e. The average Bonchev–Trinajstić information content (AvgIpc) is 3.61. The maximum absolute atomic E-state index is 14.7. The van der Waals surface area contributed by atoms with Crippen LogP contribution in [0.5, 0.6) is 0 Å². The number of ketones is 1. The number of nitrogens with zero attached hydrogens (tertiary/aromatic N) is 2. The fraction of sp³-hybridized carbons (Fsp3) is 0.583. The van der Waals surface area contributed by atoms with Gasteiger partial charge in [0.1, 0.15) is 5.82 Å². The number of Topliss-reactive ketones (excluding diaryl/α,β-unsaturated/α-hetero) is 1. The minimum Gasteiger partial charge on any atom is -0.298 e. The molecule has 1 saturated carbocycles. The largest absolute Gasteiger partial charge is 0.298 e. The van der Waals surface area contributed by atoms with Gasteiger partial charge in [-0.3, -0.25) is 19.4 Å². The summed E-state index contributed by atoms with van der Waals surface area (Å²) in [5, 5.41) is 0.267. The number of hydrogen-bond acceptors (Lipinski definition) is 6. The zero-order valence-electron chi connectivity index (χ0n) is 18.1. The molecule has 0 radical (unpaired) electrons. The van der Waals surface area contributed by atoms with E-state index in [0.717, 1.165) is 50.4 Å². The topological polar surface area (TPSA) is 40.6 Å². The van der Waals surface area contributed by atoms with Crippen LogP contribution in [0.1, 0.15) is 37.8 Å². The van der Waals surface area contributed by atoms with Crippen LogP contribution in [-0.4, -0.2) is 70.2 Å². The van der Waals surface area contributed by atoms with Crippen molar-refractivity contribution in [1.29, 1.82) is 0 Å². The van der Waals surface area contributed by atoms with E-state index in [1.54, 1.807) is 19.1 Å². The van der Waals surface area contributed by atoms with E-state index in [9.17, 15) is 14.0 Å². The number of rotatable bonds is 7. The molecule has 3 fully saturated rings. The molecule has 3 aliphatic rings. The van der Waals surface area contributed by atoms with Gasteiger partial charge in [0.25, 0.3) is 0 Å². The van der Waals surface area contributed by atoms with Gasteiger partial charge in [-0.25, -0.2) is 4.39 Å². The quantitative estimate of drug-likeness (QED) is 0.567. The minimum atomic E-state index is -0.535. The average molecular weight is 463 g/mol. The Morgan fingerprint density at radius 1 is 1.19 bits per heavy atom. The summed E-state index contributed by atoms with van der Waals surface area (Å²) in [6.45, 7) is 5.97. The molecular weight excluding hydrogens is 431 g/mol. The normalized spacial score (nSPS) is 25.5. The first-order valence-electron chi connectivity index (χ1n) is 11.2. The Labute approximate surface area is 193 Å². The third kappa shape index (κ3) is 6.01. The molecule has 1 aromatic rings. The van der Waals surface area contributed by atoms with E-state index in [2.05, 4.69) is 15.9 Å². The van der Waals surface area contributed by atoms with Crippen LogP contribution in [0.25, 0.3) is 0 Å². The summed E-state index contributed by atoms with van der Waals surface area (Å²) in [5.74, 6) is 2.22. The second kappa shape index (κ2) is 10.6. The summed E-state index contributed by atoms with van der Waals surface area (Å²) in [5.41, 5.74) is 1.69. The first kappa shape index (κ1) is 23.0. The lowest BCUT2D eigenvalue weighted by atomic mass is 9.93. The Morgan fingerprint density at radius 3 is 2.61 bits per heavy atom. The van der Waals surface area contributed by atoms with Crippen LogP contribution in [0.3, 0.4) is 0 Å². The molecule has 0 aromatic heterocycles. The van der Waals surface area contributed by atoms with Crippen LogP contribution in [0, 0.1) is 11.7 Å². The number of thioether (sulfide) groups is 2. The molecular formula is C24H31FN2O2S2. The van der Waals surface area contributed by atoms with E-state index >= 15 is 0 Å². The van der Waals surface area contributed by atoms with Gasteiger partial charge in [0.15, 0.2) is 10.9 Å². The van der Waals surface area contributed by atoms with E-state index in [4.69, 9.17) is 0 Å². The highest BCUT2D eigenvalue weighted by molar-refractivity contribution is 8.14. The molecule has 0 spiro atoms. The molecule has 1 aliphatic carbocycles. The van der Waals surface area contributed by atoms with Gasteiger partial charge in [0.2, 0.25) is 0 Å². The van der Waals surface area contributed by atoms with Crippen LogP contribution in [0.15, 0.2) is 35.9 Å². The number of carbonyl (C=O) groups is 2. The van der Waals surface area contributed by atoms with Gasteiger partial charge in [-0.1, -0.05) is 36.0 Å². The summed E-state index contributed by atoms with van der Waals surface area (Å²) in [7, 11) is 0. The number of benzene rings is 1. The van der Waals surface area contributed by atoms with Gasteiger partial charge < -0.3 is 0 Å². The van der Waals surface area contributed by atoms with E-state index in [-0.39, 0.29) is 27.9 Å². The number of likely N-dealkylation sites (tertiary alicyclic amines) is 1. The van der Waals surface area contributed by atoms with Crippen molar-refractivity contribution in [2.45, 2.75) is 37.5 Å². The van der Waals surface area contributed by atoms with E-state index < -0.39 is 6.04 Å². The van der Waals surface area contributed by atoms with Crippen molar-refractivity contribution >= 4 is 34.4 Å². The van der Waals surface area contributed by atoms with Gasteiger partial charge in [-0.05, 0) is 30.9 Å². The zero-order chi connectivity index (χ0) is 21.8. The van der Waals surface area contributed by atoms with E-state index in [1.165, 1.54) is 23.4 Å². The summed E-state index contributed by atoms with van der Waals surface area (Å²) in [6.07, 6.45) is 4.89. The molecule has 4 rings (SSSR count). The lowest BCUT2D eigenvalue weighted by molar-refractivity contribution is -0.126. The standard InChI is InChI=1S/C24H31FN2O2S2/c1-17(28)31-22-9-11-27(16-19(22)8-10-26-12-14-30-15-13-26)23(24(29)18-6-7-18)20-4-2-3-5-21(20)25/h2-5,8,18,22-23H,6-7,9-16H2,1H3. The lowest BCUT2D eigenvalue weighted by Gasteiger charge is -2.39. The van der Waals surface area contributed by atoms with Gasteiger partial charge in [0, 0.05) is 67.9 Å². The van der Waals surface area contributed by atoms with Crippen LogP contribution < -0.4 is 0 Å². The molecule has 2 saturated heterocycles. The lowest BCUT2D eigenvalue weighted by Crippen LogP contribution is -2.43. The zero-order valence-corrected chi connectivity index (χ0v) is 19.7. The molecule has 31 heavy (non-hydrogen) atoms. The van der Waals surface area contributed by atoms with Crippen molar-refractivity contribution in [3.8, 4) is 0 Å². The Kier molecular flexibility index (Phi) is 7.91. The first-order valence-corrected chi connectivity index (χ1v) is 13.2. The number of carbonyl (C=O) groups excluding carboxylic acids is 2. The molecule has 1 aromatic carbocycles. The Balaban J connectivity index is 1.56. The molecule has 0 N–H and O–H groups in total. The van der Waals surface area contributed by atoms with Gasteiger partial charge in [-0.2, -0.15) is 11.8 Å². The SMILES string of the molecule is CC(=O)SC1CCN(C(C(=O)C2CC2)c2ccccc2F)CC1=CCN1CCSCC1. The minimum absolute atomic E-state index is 0.0622. The molecule has 2 heterocycles. The highest BCUT2D eigenvalue weighted by Gasteiger charge is 2.41. The van der Waals surface area contributed by atoms with Crippen LogP contribution in [0.2, 0.25) is 0 Å². The van der Waals surface area contributed by atoms with Crippen molar-refractivity contribution in [2.24, 2.45) is 5.92 Å².